The molecular formula is C11H13ClFNO4S. The predicted molar refractivity (Wildman–Crippen MR) is 67.0 cm³/mol. The molecule has 0 aromatic heterocycles. The van der Waals surface area contributed by atoms with Gasteiger partial charge in [0, 0.05) is 6.54 Å². The summed E-state index contributed by atoms with van der Waals surface area (Å²) in [6.07, 6.45) is 0. The summed E-state index contributed by atoms with van der Waals surface area (Å²) in [5, 5.41) is 9.15. The van der Waals surface area contributed by atoms with Crippen molar-refractivity contribution in [3.8, 4) is 0 Å². The summed E-state index contributed by atoms with van der Waals surface area (Å²) in [6, 6.07) is 2.47. The number of hydrogen-bond donors (Lipinski definition) is 1. The minimum absolute atomic E-state index is 0.0513. The number of benzene rings is 1. The number of aliphatic hydroxyl groups is 1. The highest BCUT2D eigenvalue weighted by Crippen LogP contribution is 2.27. The number of sulfonamides is 1. The SMILES string of the molecule is O=S(=O)(c1cc(F)ccc1Cl)N1CCOCC1CO. The van der Waals surface area contributed by atoms with Crippen molar-refractivity contribution in [2.24, 2.45) is 0 Å². The maximum atomic E-state index is 13.2. The highest BCUT2D eigenvalue weighted by Gasteiger charge is 2.35. The molecule has 0 bridgehead atoms. The van der Waals surface area contributed by atoms with Gasteiger partial charge in [0.1, 0.15) is 10.7 Å². The first-order valence-corrected chi connectivity index (χ1v) is 7.44. The number of halogens is 2. The Balaban J connectivity index is 2.43. The molecule has 19 heavy (non-hydrogen) atoms. The van der Waals surface area contributed by atoms with E-state index in [1.165, 1.54) is 6.07 Å². The van der Waals surface area contributed by atoms with Gasteiger partial charge in [0.05, 0.1) is 30.9 Å². The van der Waals surface area contributed by atoms with Crippen LogP contribution >= 0.6 is 11.6 Å². The Morgan fingerprint density at radius 2 is 2.26 bits per heavy atom. The number of morpholine rings is 1. The molecule has 1 unspecified atom stereocenters. The lowest BCUT2D eigenvalue weighted by Crippen LogP contribution is -2.50. The summed E-state index contributed by atoms with van der Waals surface area (Å²) in [6.45, 7) is 0.0535. The minimum atomic E-state index is -3.96. The molecule has 1 N–H and O–H groups in total. The Hall–Kier alpha value is -0.730. The molecule has 0 radical (unpaired) electrons. The minimum Gasteiger partial charge on any atom is -0.395 e. The lowest BCUT2D eigenvalue weighted by Gasteiger charge is -2.33. The van der Waals surface area contributed by atoms with Gasteiger partial charge >= 0.3 is 0 Å². The molecule has 1 saturated heterocycles. The van der Waals surface area contributed by atoms with Gasteiger partial charge in [-0.25, -0.2) is 12.8 Å². The first-order valence-electron chi connectivity index (χ1n) is 5.62. The van der Waals surface area contributed by atoms with Crippen LogP contribution in [-0.2, 0) is 14.8 Å². The van der Waals surface area contributed by atoms with E-state index in [4.69, 9.17) is 16.3 Å². The van der Waals surface area contributed by atoms with E-state index in [0.717, 1.165) is 16.4 Å². The number of ether oxygens (including phenoxy) is 1. The molecular weight excluding hydrogens is 297 g/mol. The van der Waals surface area contributed by atoms with Crippen molar-refractivity contribution in [3.63, 3.8) is 0 Å². The molecule has 2 rings (SSSR count). The van der Waals surface area contributed by atoms with Crippen LogP contribution in [0.5, 0.6) is 0 Å². The third kappa shape index (κ3) is 2.90. The molecule has 0 amide bonds. The van der Waals surface area contributed by atoms with E-state index in [1.807, 2.05) is 0 Å². The Morgan fingerprint density at radius 1 is 1.53 bits per heavy atom. The van der Waals surface area contributed by atoms with Gasteiger partial charge in [0.2, 0.25) is 10.0 Å². The second-order valence-electron chi connectivity index (χ2n) is 4.10. The second-order valence-corrected chi connectivity index (χ2v) is 6.37. The lowest BCUT2D eigenvalue weighted by atomic mass is 10.3. The average molecular weight is 310 g/mol. The largest absolute Gasteiger partial charge is 0.395 e. The standard InChI is InChI=1S/C11H13ClFNO4S/c12-10-2-1-8(13)5-11(10)19(16,17)14-3-4-18-7-9(14)6-15/h1-2,5,9,15H,3-4,6-7H2. The molecule has 0 saturated carbocycles. The fraction of sp³-hybridized carbons (Fsp3) is 0.455. The molecule has 1 aromatic rings. The normalized spacial score (nSPS) is 21.5. The summed E-state index contributed by atoms with van der Waals surface area (Å²) in [5.41, 5.74) is 0. The van der Waals surface area contributed by atoms with E-state index in [-0.39, 0.29) is 36.3 Å². The van der Waals surface area contributed by atoms with Crippen molar-refractivity contribution in [1.82, 2.24) is 4.31 Å². The summed E-state index contributed by atoms with van der Waals surface area (Å²) in [7, 11) is -3.96. The summed E-state index contributed by atoms with van der Waals surface area (Å²) >= 11 is 5.82. The number of hydrogen-bond acceptors (Lipinski definition) is 4. The van der Waals surface area contributed by atoms with Crippen LogP contribution in [0.15, 0.2) is 23.1 Å². The van der Waals surface area contributed by atoms with Crippen LogP contribution in [0.1, 0.15) is 0 Å². The van der Waals surface area contributed by atoms with Gasteiger partial charge in [-0.05, 0) is 18.2 Å². The van der Waals surface area contributed by atoms with Gasteiger partial charge in [0.15, 0.2) is 0 Å². The molecule has 8 heteroatoms. The Morgan fingerprint density at radius 3 is 2.95 bits per heavy atom. The number of nitrogens with zero attached hydrogens (tertiary/aromatic N) is 1. The molecule has 1 heterocycles. The monoisotopic (exact) mass is 309 g/mol. The topological polar surface area (TPSA) is 66.8 Å². The van der Waals surface area contributed by atoms with Crippen molar-refractivity contribution in [2.45, 2.75) is 10.9 Å². The van der Waals surface area contributed by atoms with Crippen LogP contribution in [0.25, 0.3) is 0 Å². The van der Waals surface area contributed by atoms with Gasteiger partial charge in [0.25, 0.3) is 0 Å². The van der Waals surface area contributed by atoms with Gasteiger partial charge in [-0.1, -0.05) is 11.6 Å². The molecule has 5 nitrogen and oxygen atoms in total. The predicted octanol–water partition coefficient (Wildman–Crippen LogP) is 0.861. The summed E-state index contributed by atoms with van der Waals surface area (Å²) in [4.78, 5) is -0.297. The highest BCUT2D eigenvalue weighted by molar-refractivity contribution is 7.89. The van der Waals surface area contributed by atoms with Crippen LogP contribution < -0.4 is 0 Å². The van der Waals surface area contributed by atoms with Crippen LogP contribution in [0, 0.1) is 5.82 Å². The van der Waals surface area contributed by atoms with Crippen molar-refractivity contribution >= 4 is 21.6 Å². The maximum absolute atomic E-state index is 13.2. The molecule has 1 aromatic carbocycles. The zero-order chi connectivity index (χ0) is 14.0. The Kier molecular flexibility index (Phi) is 4.42. The van der Waals surface area contributed by atoms with Crippen LogP contribution in [0.4, 0.5) is 4.39 Å². The molecule has 1 aliphatic rings. The van der Waals surface area contributed by atoms with Crippen molar-refractivity contribution in [3.05, 3.63) is 29.0 Å². The van der Waals surface area contributed by atoms with Crippen LogP contribution in [0.3, 0.4) is 0 Å². The van der Waals surface area contributed by atoms with E-state index in [0.29, 0.717) is 0 Å². The van der Waals surface area contributed by atoms with Crippen LogP contribution in [0.2, 0.25) is 5.02 Å². The first kappa shape index (κ1) is 14.7. The quantitative estimate of drug-likeness (QED) is 0.899. The molecule has 0 aliphatic carbocycles. The van der Waals surface area contributed by atoms with Gasteiger partial charge in [-0.2, -0.15) is 4.31 Å². The first-order chi connectivity index (χ1) is 8.96. The van der Waals surface area contributed by atoms with Crippen molar-refractivity contribution in [1.29, 1.82) is 0 Å². The zero-order valence-electron chi connectivity index (χ0n) is 9.92. The van der Waals surface area contributed by atoms with Gasteiger partial charge in [-0.15, -0.1) is 0 Å². The third-order valence-electron chi connectivity index (χ3n) is 2.86. The molecule has 1 aliphatic heterocycles. The maximum Gasteiger partial charge on any atom is 0.245 e. The fourth-order valence-corrected chi connectivity index (χ4v) is 3.97. The Labute approximate surface area is 115 Å². The van der Waals surface area contributed by atoms with E-state index >= 15 is 0 Å². The average Bonchev–Trinajstić information content (AvgIpc) is 2.41. The third-order valence-corrected chi connectivity index (χ3v) is 5.30. The fourth-order valence-electron chi connectivity index (χ4n) is 1.90. The van der Waals surface area contributed by atoms with E-state index in [2.05, 4.69) is 0 Å². The molecule has 0 spiro atoms. The zero-order valence-corrected chi connectivity index (χ0v) is 11.5. The molecule has 1 atom stereocenters. The summed E-state index contributed by atoms with van der Waals surface area (Å²) in [5.74, 6) is -0.684. The summed E-state index contributed by atoms with van der Waals surface area (Å²) < 4.78 is 44.3. The van der Waals surface area contributed by atoms with Crippen molar-refractivity contribution < 1.29 is 22.7 Å². The van der Waals surface area contributed by atoms with Gasteiger partial charge in [-0.3, -0.25) is 0 Å². The highest BCUT2D eigenvalue weighted by atomic mass is 35.5. The smallest absolute Gasteiger partial charge is 0.245 e. The van der Waals surface area contributed by atoms with E-state index in [1.54, 1.807) is 0 Å². The van der Waals surface area contributed by atoms with Crippen molar-refractivity contribution in [2.75, 3.05) is 26.4 Å². The van der Waals surface area contributed by atoms with E-state index < -0.39 is 21.9 Å². The van der Waals surface area contributed by atoms with E-state index in [9.17, 15) is 17.9 Å². The number of rotatable bonds is 3. The molecule has 106 valence electrons. The lowest BCUT2D eigenvalue weighted by molar-refractivity contribution is 0.0109. The Bertz CT molecular complexity index is 566. The van der Waals surface area contributed by atoms with Crippen LogP contribution in [-0.4, -0.2) is 50.2 Å². The number of aliphatic hydroxyl groups excluding tert-OH is 1. The molecule has 1 fully saturated rings. The second kappa shape index (κ2) is 5.72. The van der Waals surface area contributed by atoms with Gasteiger partial charge < -0.3 is 9.84 Å².